The fourth-order valence-corrected chi connectivity index (χ4v) is 1.82. The van der Waals surface area contributed by atoms with E-state index in [1.54, 1.807) is 0 Å². The molecule has 0 saturated heterocycles. The minimum absolute atomic E-state index is 0.107. The van der Waals surface area contributed by atoms with Crippen LogP contribution in [0.2, 0.25) is 0 Å². The number of anilines is 2. The molecule has 1 fully saturated rings. The molecular weight excluding hydrogens is 238 g/mol. The summed E-state index contributed by atoms with van der Waals surface area (Å²) in [5, 5.41) is 23.6. The van der Waals surface area contributed by atoms with Crippen molar-refractivity contribution in [1.29, 1.82) is 0 Å². The van der Waals surface area contributed by atoms with Gasteiger partial charge in [0.1, 0.15) is 5.82 Å². The molecule has 0 aliphatic heterocycles. The Morgan fingerprint density at radius 3 is 2.78 bits per heavy atom. The van der Waals surface area contributed by atoms with Crippen molar-refractivity contribution in [3.63, 3.8) is 0 Å². The lowest BCUT2D eigenvalue weighted by Crippen LogP contribution is -2.43. The van der Waals surface area contributed by atoms with Gasteiger partial charge in [0.2, 0.25) is 5.82 Å². The third-order valence-electron chi connectivity index (χ3n) is 3.09. The van der Waals surface area contributed by atoms with Gasteiger partial charge in [0, 0.05) is 12.6 Å². The minimum Gasteiger partial charge on any atom is -0.388 e. The molecule has 1 aromatic rings. The summed E-state index contributed by atoms with van der Waals surface area (Å²) in [4.78, 5) is 14.3. The molecule has 18 heavy (non-hydrogen) atoms. The lowest BCUT2D eigenvalue weighted by Gasteiger charge is -2.36. The van der Waals surface area contributed by atoms with Crippen LogP contribution in [0.3, 0.4) is 0 Å². The number of pyridine rings is 1. The molecule has 0 unspecified atom stereocenters. The van der Waals surface area contributed by atoms with E-state index in [0.717, 1.165) is 6.42 Å². The molecule has 1 aliphatic rings. The summed E-state index contributed by atoms with van der Waals surface area (Å²) >= 11 is 0. The average molecular weight is 253 g/mol. The summed E-state index contributed by atoms with van der Waals surface area (Å²) in [7, 11) is 0. The lowest BCUT2D eigenvalue weighted by molar-refractivity contribution is -0.384. The molecular formula is C10H15N5O3. The molecule has 5 N–H and O–H groups in total. The van der Waals surface area contributed by atoms with Crippen LogP contribution in [0.15, 0.2) is 12.1 Å². The van der Waals surface area contributed by atoms with Gasteiger partial charge in [0.15, 0.2) is 0 Å². The summed E-state index contributed by atoms with van der Waals surface area (Å²) in [6, 6.07) is 2.73. The first-order chi connectivity index (χ1) is 8.54. The first kappa shape index (κ1) is 12.5. The zero-order valence-corrected chi connectivity index (χ0v) is 9.72. The minimum atomic E-state index is -0.776. The van der Waals surface area contributed by atoms with Crippen molar-refractivity contribution in [2.75, 3.05) is 17.3 Å². The van der Waals surface area contributed by atoms with E-state index < -0.39 is 10.5 Å². The third kappa shape index (κ3) is 2.49. The van der Waals surface area contributed by atoms with Crippen LogP contribution in [-0.4, -0.2) is 27.2 Å². The summed E-state index contributed by atoms with van der Waals surface area (Å²) in [5.74, 6) is 5.63. The standard InChI is InChI=1S/C10H15N5O3/c11-14-8-3-2-7(15(17)18)9(13-8)12-6-10(16)4-1-5-10/h2-3,16H,1,4-6,11H2,(H2,12,13,14). The number of rotatable bonds is 5. The highest BCUT2D eigenvalue weighted by molar-refractivity contribution is 5.60. The van der Waals surface area contributed by atoms with Crippen LogP contribution in [0.4, 0.5) is 17.3 Å². The monoisotopic (exact) mass is 253 g/mol. The molecule has 1 aliphatic carbocycles. The molecule has 1 aromatic heterocycles. The van der Waals surface area contributed by atoms with Gasteiger partial charge < -0.3 is 15.8 Å². The van der Waals surface area contributed by atoms with E-state index in [1.165, 1.54) is 12.1 Å². The fourth-order valence-electron chi connectivity index (χ4n) is 1.82. The molecule has 0 atom stereocenters. The molecule has 1 heterocycles. The number of hydrogen-bond donors (Lipinski definition) is 4. The van der Waals surface area contributed by atoms with E-state index >= 15 is 0 Å². The second-order valence-corrected chi connectivity index (χ2v) is 4.40. The number of aromatic nitrogens is 1. The Kier molecular flexibility index (Phi) is 3.30. The quantitative estimate of drug-likeness (QED) is 0.344. The number of nitrogen functional groups attached to an aromatic ring is 1. The van der Waals surface area contributed by atoms with Gasteiger partial charge in [-0.1, -0.05) is 0 Å². The topological polar surface area (TPSA) is 126 Å². The van der Waals surface area contributed by atoms with E-state index in [1.807, 2.05) is 0 Å². The maximum absolute atomic E-state index is 10.8. The highest BCUT2D eigenvalue weighted by atomic mass is 16.6. The molecule has 0 spiro atoms. The van der Waals surface area contributed by atoms with E-state index in [2.05, 4.69) is 15.7 Å². The van der Waals surface area contributed by atoms with Crippen LogP contribution in [0.5, 0.6) is 0 Å². The molecule has 0 bridgehead atoms. The molecule has 0 aromatic carbocycles. The SMILES string of the molecule is NNc1ccc([N+](=O)[O-])c(NCC2(O)CCC2)n1. The first-order valence-corrected chi connectivity index (χ1v) is 5.62. The Balaban J connectivity index is 2.15. The van der Waals surface area contributed by atoms with Gasteiger partial charge in [-0.3, -0.25) is 10.1 Å². The van der Waals surface area contributed by atoms with Gasteiger partial charge in [-0.25, -0.2) is 10.8 Å². The Bertz CT molecular complexity index is 461. The maximum atomic E-state index is 10.8. The van der Waals surface area contributed by atoms with Crippen LogP contribution in [0.25, 0.3) is 0 Å². The van der Waals surface area contributed by atoms with E-state index in [4.69, 9.17) is 5.84 Å². The van der Waals surface area contributed by atoms with Gasteiger partial charge in [0.05, 0.1) is 10.5 Å². The molecule has 2 rings (SSSR count). The summed E-state index contributed by atoms with van der Waals surface area (Å²) in [6.07, 6.45) is 2.36. The van der Waals surface area contributed by atoms with Crippen LogP contribution in [0, 0.1) is 10.1 Å². The lowest BCUT2D eigenvalue weighted by atomic mass is 9.80. The Morgan fingerprint density at radius 1 is 1.56 bits per heavy atom. The number of hydrogen-bond acceptors (Lipinski definition) is 7. The average Bonchev–Trinajstić information content (AvgIpc) is 2.33. The number of nitrogens with two attached hydrogens (primary N) is 1. The zero-order valence-electron chi connectivity index (χ0n) is 9.72. The van der Waals surface area contributed by atoms with Crippen molar-refractivity contribution in [3.8, 4) is 0 Å². The van der Waals surface area contributed by atoms with E-state index in [9.17, 15) is 15.2 Å². The number of hydrazine groups is 1. The fraction of sp³-hybridized carbons (Fsp3) is 0.500. The van der Waals surface area contributed by atoms with Crippen molar-refractivity contribution in [1.82, 2.24) is 4.98 Å². The van der Waals surface area contributed by atoms with Crippen LogP contribution in [0.1, 0.15) is 19.3 Å². The number of aliphatic hydroxyl groups is 1. The van der Waals surface area contributed by atoms with Crippen molar-refractivity contribution in [2.45, 2.75) is 24.9 Å². The third-order valence-corrected chi connectivity index (χ3v) is 3.09. The largest absolute Gasteiger partial charge is 0.388 e. The Hall–Kier alpha value is -1.93. The number of nitrogens with one attached hydrogen (secondary N) is 2. The molecule has 0 radical (unpaired) electrons. The molecule has 0 amide bonds. The normalized spacial score (nSPS) is 16.8. The summed E-state index contributed by atoms with van der Waals surface area (Å²) in [5.41, 5.74) is 1.40. The van der Waals surface area contributed by atoms with Gasteiger partial charge in [-0.15, -0.1) is 0 Å². The van der Waals surface area contributed by atoms with E-state index in [0.29, 0.717) is 18.7 Å². The predicted octanol–water partition coefficient (Wildman–Crippen LogP) is 0.602. The predicted molar refractivity (Wildman–Crippen MR) is 66.0 cm³/mol. The molecule has 8 nitrogen and oxygen atoms in total. The molecule has 98 valence electrons. The second kappa shape index (κ2) is 4.75. The van der Waals surface area contributed by atoms with Crippen molar-refractivity contribution in [3.05, 3.63) is 22.2 Å². The number of nitro groups is 1. The Labute approximate surface area is 103 Å². The highest BCUT2D eigenvalue weighted by Crippen LogP contribution is 2.32. The van der Waals surface area contributed by atoms with Gasteiger partial charge >= 0.3 is 5.69 Å². The maximum Gasteiger partial charge on any atom is 0.311 e. The molecule has 1 saturated carbocycles. The number of nitrogens with zero attached hydrogens (tertiary/aromatic N) is 2. The summed E-state index contributed by atoms with van der Waals surface area (Å²) < 4.78 is 0. The van der Waals surface area contributed by atoms with Crippen molar-refractivity contribution >= 4 is 17.3 Å². The second-order valence-electron chi connectivity index (χ2n) is 4.40. The van der Waals surface area contributed by atoms with Crippen molar-refractivity contribution in [2.24, 2.45) is 5.84 Å². The van der Waals surface area contributed by atoms with Crippen LogP contribution >= 0.6 is 0 Å². The van der Waals surface area contributed by atoms with E-state index in [-0.39, 0.29) is 18.1 Å². The smallest absolute Gasteiger partial charge is 0.311 e. The van der Waals surface area contributed by atoms with Gasteiger partial charge in [0.25, 0.3) is 0 Å². The first-order valence-electron chi connectivity index (χ1n) is 5.62. The highest BCUT2D eigenvalue weighted by Gasteiger charge is 2.34. The van der Waals surface area contributed by atoms with Crippen molar-refractivity contribution < 1.29 is 10.0 Å². The Morgan fingerprint density at radius 2 is 2.28 bits per heavy atom. The van der Waals surface area contributed by atoms with Gasteiger partial charge in [-0.05, 0) is 25.3 Å². The van der Waals surface area contributed by atoms with Gasteiger partial charge in [-0.2, -0.15) is 0 Å². The molecule has 8 heteroatoms. The zero-order chi connectivity index (χ0) is 13.2. The van der Waals surface area contributed by atoms with Crippen LogP contribution < -0.4 is 16.6 Å². The summed E-state index contributed by atoms with van der Waals surface area (Å²) in [6.45, 7) is 0.245. The van der Waals surface area contributed by atoms with Crippen LogP contribution in [-0.2, 0) is 0 Å².